The van der Waals surface area contributed by atoms with Gasteiger partial charge in [-0.2, -0.15) is 0 Å². The Labute approximate surface area is 99.8 Å². The minimum absolute atomic E-state index is 0.0576. The number of hydrogen-bond acceptors (Lipinski definition) is 4. The van der Waals surface area contributed by atoms with Gasteiger partial charge in [0.25, 0.3) is 5.91 Å². The third-order valence-corrected chi connectivity index (χ3v) is 2.34. The van der Waals surface area contributed by atoms with E-state index in [4.69, 9.17) is 10.3 Å². The summed E-state index contributed by atoms with van der Waals surface area (Å²) in [5.41, 5.74) is 4.12. The van der Waals surface area contributed by atoms with Gasteiger partial charge in [-0.1, -0.05) is 11.6 Å². The Balaban J connectivity index is 2.89. The highest BCUT2D eigenvalue weighted by atomic mass is 16.5. The summed E-state index contributed by atoms with van der Waals surface area (Å²) >= 11 is 0. The van der Waals surface area contributed by atoms with Crippen LogP contribution in [0.4, 0.5) is 0 Å². The number of amides is 1. The fourth-order valence-corrected chi connectivity index (χ4v) is 1.39. The van der Waals surface area contributed by atoms with Crippen molar-refractivity contribution in [1.29, 1.82) is 0 Å². The van der Waals surface area contributed by atoms with Crippen LogP contribution < -0.4 is 5.48 Å². The van der Waals surface area contributed by atoms with Crippen LogP contribution in [0.2, 0.25) is 0 Å². The second kappa shape index (κ2) is 6.78. The molecule has 0 atom stereocenters. The van der Waals surface area contributed by atoms with Crippen molar-refractivity contribution in [3.63, 3.8) is 0 Å². The van der Waals surface area contributed by atoms with Crippen LogP contribution in [-0.2, 0) is 4.79 Å². The third kappa shape index (κ3) is 4.76. The maximum absolute atomic E-state index is 10.8. The molecule has 0 fully saturated rings. The molecule has 1 aliphatic heterocycles. The summed E-state index contributed by atoms with van der Waals surface area (Å²) in [4.78, 5) is 15.0. The highest BCUT2D eigenvalue weighted by Gasteiger charge is 2.02. The molecular weight excluding hydrogens is 220 g/mol. The van der Waals surface area contributed by atoms with Gasteiger partial charge in [0.15, 0.2) is 0 Å². The van der Waals surface area contributed by atoms with Gasteiger partial charge in [0, 0.05) is 18.0 Å². The summed E-state index contributed by atoms with van der Waals surface area (Å²) in [6.45, 7) is 1.92. The predicted octanol–water partition coefficient (Wildman–Crippen LogP) is 1.11. The maximum Gasteiger partial charge on any atom is 0.267 e. The molecule has 0 aromatic carbocycles. The van der Waals surface area contributed by atoms with Crippen LogP contribution >= 0.6 is 0 Å². The quantitative estimate of drug-likeness (QED) is 0.390. The molecule has 5 heteroatoms. The molecule has 1 amide bonds. The second-order valence-corrected chi connectivity index (χ2v) is 3.78. The van der Waals surface area contributed by atoms with E-state index in [9.17, 15) is 4.79 Å². The number of hydrogen-bond donors (Lipinski definition) is 3. The van der Waals surface area contributed by atoms with E-state index in [0.717, 1.165) is 29.7 Å². The van der Waals surface area contributed by atoms with Crippen molar-refractivity contribution in [3.8, 4) is 0 Å². The van der Waals surface area contributed by atoms with E-state index in [-0.39, 0.29) is 6.61 Å². The zero-order valence-corrected chi connectivity index (χ0v) is 9.68. The number of carbonyl (C=O) groups excluding carboxylic acids is 1. The molecule has 17 heavy (non-hydrogen) atoms. The number of aliphatic hydroxyl groups excluding tert-OH is 1. The van der Waals surface area contributed by atoms with Crippen molar-refractivity contribution >= 4 is 11.6 Å². The number of allylic oxidation sites excluding steroid dienone is 4. The Kier molecular flexibility index (Phi) is 5.32. The molecule has 1 rings (SSSR count). The van der Waals surface area contributed by atoms with Crippen LogP contribution in [0.1, 0.15) is 19.8 Å². The zero-order chi connectivity index (χ0) is 12.7. The Morgan fingerprint density at radius 3 is 3.00 bits per heavy atom. The fraction of sp³-hybridized carbons (Fsp3) is 0.333. The minimum atomic E-state index is -0.592. The van der Waals surface area contributed by atoms with Gasteiger partial charge < -0.3 is 5.11 Å². The standard InChI is InChI=1S/C12H16N2O3/c1-9-2-4-11(8-15)13-7-10(6-9)3-5-12(16)14-17/h3,5-7,15,17H,2,4,8H2,1H3,(H,14,16)/b5-3+,9-6+,10-7-,13-11+. The summed E-state index contributed by atoms with van der Waals surface area (Å²) in [7, 11) is 0. The van der Waals surface area contributed by atoms with E-state index in [2.05, 4.69) is 4.99 Å². The first-order chi connectivity index (χ1) is 8.15. The van der Waals surface area contributed by atoms with Gasteiger partial charge in [-0.3, -0.25) is 15.0 Å². The van der Waals surface area contributed by atoms with E-state index in [1.54, 1.807) is 12.3 Å². The number of nitrogens with one attached hydrogen (secondary N) is 1. The molecule has 92 valence electrons. The lowest BCUT2D eigenvalue weighted by molar-refractivity contribution is -0.124. The van der Waals surface area contributed by atoms with Crippen LogP contribution in [0.15, 0.2) is 40.6 Å². The number of hydroxylamine groups is 1. The van der Waals surface area contributed by atoms with Gasteiger partial charge >= 0.3 is 0 Å². The molecule has 1 heterocycles. The van der Waals surface area contributed by atoms with Gasteiger partial charge in [-0.25, -0.2) is 5.48 Å². The normalized spacial score (nSPS) is 25.9. The van der Waals surface area contributed by atoms with Gasteiger partial charge in [0.05, 0.1) is 6.61 Å². The molecule has 5 nitrogen and oxygen atoms in total. The van der Waals surface area contributed by atoms with Crippen molar-refractivity contribution in [2.45, 2.75) is 19.8 Å². The first kappa shape index (κ1) is 13.3. The van der Waals surface area contributed by atoms with Gasteiger partial charge in [0.2, 0.25) is 0 Å². The SMILES string of the molecule is C\C1=C/C(/C=C/C(=O)NO)=C\N=C(\CO)CC1. The lowest BCUT2D eigenvalue weighted by Crippen LogP contribution is -2.15. The molecule has 3 N–H and O–H groups in total. The van der Waals surface area contributed by atoms with Gasteiger partial charge in [-0.05, 0) is 31.4 Å². The Morgan fingerprint density at radius 2 is 2.35 bits per heavy atom. The number of carbonyl (C=O) groups is 1. The highest BCUT2D eigenvalue weighted by Crippen LogP contribution is 2.13. The molecule has 0 aromatic heterocycles. The molecule has 0 spiro atoms. The molecule has 0 saturated carbocycles. The molecule has 0 bridgehead atoms. The zero-order valence-electron chi connectivity index (χ0n) is 9.68. The molecule has 0 aliphatic carbocycles. The monoisotopic (exact) mass is 236 g/mol. The van der Waals surface area contributed by atoms with Crippen molar-refractivity contribution in [2.24, 2.45) is 4.99 Å². The maximum atomic E-state index is 10.8. The summed E-state index contributed by atoms with van der Waals surface area (Å²) < 4.78 is 0. The molecule has 0 aromatic rings. The average Bonchev–Trinajstić information content (AvgIpc) is 2.32. The summed E-state index contributed by atoms with van der Waals surface area (Å²) in [6, 6.07) is 0. The number of aliphatic imine (C=N–C) groups is 1. The lowest BCUT2D eigenvalue weighted by atomic mass is 10.0. The van der Waals surface area contributed by atoms with Crippen molar-refractivity contribution in [1.82, 2.24) is 5.48 Å². The van der Waals surface area contributed by atoms with E-state index >= 15 is 0 Å². The van der Waals surface area contributed by atoms with Crippen LogP contribution in [0.5, 0.6) is 0 Å². The Bertz CT molecular complexity index is 406. The van der Waals surface area contributed by atoms with Crippen molar-refractivity contribution in [3.05, 3.63) is 35.6 Å². The first-order valence-corrected chi connectivity index (χ1v) is 5.31. The molecule has 1 aliphatic rings. The van der Waals surface area contributed by atoms with Crippen molar-refractivity contribution < 1.29 is 15.1 Å². The Morgan fingerprint density at radius 1 is 1.59 bits per heavy atom. The Hall–Kier alpha value is -1.72. The van der Waals surface area contributed by atoms with E-state index in [0.29, 0.717) is 0 Å². The molecule has 0 unspecified atom stereocenters. The first-order valence-electron chi connectivity index (χ1n) is 5.31. The van der Waals surface area contributed by atoms with Crippen LogP contribution in [0, 0.1) is 0 Å². The topological polar surface area (TPSA) is 81.9 Å². The number of aliphatic hydroxyl groups is 1. The largest absolute Gasteiger partial charge is 0.390 e. The fourth-order valence-electron chi connectivity index (χ4n) is 1.39. The number of nitrogens with zero attached hydrogens (tertiary/aromatic N) is 1. The van der Waals surface area contributed by atoms with Crippen molar-refractivity contribution in [2.75, 3.05) is 6.61 Å². The lowest BCUT2D eigenvalue weighted by Gasteiger charge is -2.07. The van der Waals surface area contributed by atoms with E-state index in [1.807, 2.05) is 13.0 Å². The molecular formula is C12H16N2O3. The summed E-state index contributed by atoms with van der Waals surface area (Å²) in [5.74, 6) is -0.592. The summed E-state index contributed by atoms with van der Waals surface area (Å²) in [6.07, 6.45) is 7.85. The smallest absolute Gasteiger partial charge is 0.267 e. The van der Waals surface area contributed by atoms with Gasteiger partial charge in [-0.15, -0.1) is 0 Å². The molecule has 0 saturated heterocycles. The van der Waals surface area contributed by atoms with Crippen LogP contribution in [0.25, 0.3) is 0 Å². The number of rotatable bonds is 3. The van der Waals surface area contributed by atoms with E-state index < -0.39 is 5.91 Å². The second-order valence-electron chi connectivity index (χ2n) is 3.78. The van der Waals surface area contributed by atoms with Crippen LogP contribution in [-0.4, -0.2) is 28.5 Å². The molecule has 0 radical (unpaired) electrons. The van der Waals surface area contributed by atoms with Gasteiger partial charge in [0.1, 0.15) is 0 Å². The van der Waals surface area contributed by atoms with Crippen LogP contribution in [0.3, 0.4) is 0 Å². The highest BCUT2D eigenvalue weighted by molar-refractivity contribution is 5.88. The third-order valence-electron chi connectivity index (χ3n) is 2.34. The average molecular weight is 236 g/mol. The minimum Gasteiger partial charge on any atom is -0.390 e. The summed E-state index contributed by atoms with van der Waals surface area (Å²) in [5, 5.41) is 17.4. The predicted molar refractivity (Wildman–Crippen MR) is 64.7 cm³/mol. The van der Waals surface area contributed by atoms with E-state index in [1.165, 1.54) is 11.6 Å².